The van der Waals surface area contributed by atoms with Crippen LogP contribution in [0.3, 0.4) is 0 Å². The molecule has 0 N–H and O–H groups in total. The Bertz CT molecular complexity index is 2670. The Kier molecular flexibility index (Phi) is 7.44. The fourth-order valence-corrected chi connectivity index (χ4v) is 14.1. The van der Waals surface area contributed by atoms with Gasteiger partial charge in [0, 0.05) is 38.9 Å². The molecule has 0 radical (unpaired) electrons. The molecule has 4 saturated carbocycles. The van der Waals surface area contributed by atoms with E-state index in [0.717, 1.165) is 29.8 Å². The third kappa shape index (κ3) is 4.92. The third-order valence-corrected chi connectivity index (χ3v) is 16.7. The Morgan fingerprint density at radius 3 is 1.88 bits per heavy atom. The summed E-state index contributed by atoms with van der Waals surface area (Å²) in [6, 6.07) is 49.0. The molecule has 4 fully saturated rings. The van der Waals surface area contributed by atoms with Crippen molar-refractivity contribution in [3.63, 3.8) is 0 Å². The van der Waals surface area contributed by atoms with Crippen LogP contribution in [0.5, 0.6) is 11.5 Å². The topological polar surface area (TPSA) is 12.5 Å². The van der Waals surface area contributed by atoms with Gasteiger partial charge in [0.1, 0.15) is 11.5 Å². The van der Waals surface area contributed by atoms with Crippen LogP contribution in [-0.2, 0) is 21.7 Å². The van der Waals surface area contributed by atoms with Gasteiger partial charge in [0.2, 0.25) is 0 Å². The SMILES string of the molecule is CC1(C)CCC(C)(C)c2c(N(c3ccc4c(c3)C(C)(C)c3ccccc3-4)c3cc(-c4ccccc4)c4c(c3)C3(c5ccccc5O4)C4CC5CC(C4)CC3C5)cccc21. The molecule has 1 aliphatic heterocycles. The maximum atomic E-state index is 7.30. The number of benzene rings is 6. The van der Waals surface area contributed by atoms with Crippen LogP contribution < -0.4 is 9.64 Å². The number of ether oxygens (including phenoxy) is 1. The minimum Gasteiger partial charge on any atom is -0.456 e. The Morgan fingerprint density at radius 1 is 0.492 bits per heavy atom. The number of anilines is 3. The van der Waals surface area contributed by atoms with Crippen molar-refractivity contribution >= 4 is 17.1 Å². The molecule has 6 aliphatic carbocycles. The molecule has 2 heteroatoms. The summed E-state index contributed by atoms with van der Waals surface area (Å²) in [5.41, 5.74) is 17.5. The highest BCUT2D eigenvalue weighted by Gasteiger charge is 2.61. The lowest BCUT2D eigenvalue weighted by Crippen LogP contribution is -2.57. The standard InChI is InChI=1S/C57H57NO/c1-54(2)25-26-55(3,4)52-47(54)20-14-21-50(52)58(40-23-24-43-42-17-10-11-18-45(42)56(5,6)48(43)33-40)41-32-44(37-15-8-7-9-16-37)53-49(34-41)57(46-19-12-13-22-51(46)59-53)38-28-35-27-36(30-38)31-39(57)29-35/h7-24,32-36,38-39H,25-31H2,1-6H3. The largest absolute Gasteiger partial charge is 0.456 e. The van der Waals surface area contributed by atoms with Crippen molar-refractivity contribution in [1.29, 1.82) is 0 Å². The zero-order chi connectivity index (χ0) is 40.1. The minimum atomic E-state index is -0.113. The molecule has 13 rings (SSSR count). The zero-order valence-corrected chi connectivity index (χ0v) is 35.7. The number of para-hydroxylation sites is 1. The van der Waals surface area contributed by atoms with Crippen molar-refractivity contribution in [2.75, 3.05) is 4.90 Å². The molecule has 1 heterocycles. The minimum absolute atomic E-state index is 0.00704. The Hall–Kier alpha value is -5.08. The second-order valence-electron chi connectivity index (χ2n) is 21.2. The fraction of sp³-hybridized carbons (Fsp3) is 0.368. The first kappa shape index (κ1) is 35.8. The summed E-state index contributed by atoms with van der Waals surface area (Å²) in [6.45, 7) is 14.7. The summed E-state index contributed by atoms with van der Waals surface area (Å²) < 4.78 is 7.30. The number of rotatable bonds is 4. The molecule has 296 valence electrons. The van der Waals surface area contributed by atoms with E-state index in [0.29, 0.717) is 11.8 Å². The van der Waals surface area contributed by atoms with E-state index in [1.54, 1.807) is 0 Å². The first-order valence-corrected chi connectivity index (χ1v) is 22.6. The van der Waals surface area contributed by atoms with Gasteiger partial charge in [-0.05, 0) is 155 Å². The number of hydrogen-bond acceptors (Lipinski definition) is 2. The molecule has 6 aromatic rings. The van der Waals surface area contributed by atoms with Gasteiger partial charge in [0.25, 0.3) is 0 Å². The summed E-state index contributed by atoms with van der Waals surface area (Å²) in [5.74, 6) is 5.08. The summed E-state index contributed by atoms with van der Waals surface area (Å²) in [4.78, 5) is 2.68. The van der Waals surface area contributed by atoms with Crippen molar-refractivity contribution < 1.29 is 4.74 Å². The molecule has 4 bridgehead atoms. The van der Waals surface area contributed by atoms with Crippen molar-refractivity contribution in [3.8, 4) is 33.8 Å². The maximum Gasteiger partial charge on any atom is 0.139 e. The van der Waals surface area contributed by atoms with Crippen molar-refractivity contribution in [1.82, 2.24) is 0 Å². The van der Waals surface area contributed by atoms with Gasteiger partial charge in [-0.15, -0.1) is 0 Å². The van der Waals surface area contributed by atoms with E-state index in [2.05, 4.69) is 174 Å². The number of hydrogen-bond donors (Lipinski definition) is 0. The first-order chi connectivity index (χ1) is 28.4. The first-order valence-electron chi connectivity index (χ1n) is 22.6. The van der Waals surface area contributed by atoms with Crippen LogP contribution in [-0.4, -0.2) is 0 Å². The van der Waals surface area contributed by atoms with E-state index in [1.165, 1.54) is 111 Å². The van der Waals surface area contributed by atoms with Gasteiger partial charge in [-0.1, -0.05) is 133 Å². The van der Waals surface area contributed by atoms with Crippen LogP contribution in [0.15, 0.2) is 127 Å². The molecule has 7 aliphatic rings. The smallest absolute Gasteiger partial charge is 0.139 e. The van der Waals surface area contributed by atoms with Crippen molar-refractivity contribution in [2.45, 2.75) is 108 Å². The molecule has 2 nitrogen and oxygen atoms in total. The number of nitrogens with zero attached hydrogens (tertiary/aromatic N) is 1. The highest BCUT2D eigenvalue weighted by molar-refractivity contribution is 5.90. The van der Waals surface area contributed by atoms with Crippen LogP contribution in [0, 0.1) is 23.7 Å². The van der Waals surface area contributed by atoms with Crippen LogP contribution in [0.1, 0.15) is 120 Å². The van der Waals surface area contributed by atoms with E-state index in [-0.39, 0.29) is 21.7 Å². The van der Waals surface area contributed by atoms with E-state index in [1.807, 2.05) is 0 Å². The van der Waals surface area contributed by atoms with E-state index < -0.39 is 0 Å². The lowest BCUT2D eigenvalue weighted by Gasteiger charge is -2.63. The highest BCUT2D eigenvalue weighted by Crippen LogP contribution is 2.70. The normalized spacial score (nSPS) is 26.6. The van der Waals surface area contributed by atoms with Gasteiger partial charge in [0.05, 0.1) is 5.69 Å². The molecule has 6 aromatic carbocycles. The Morgan fingerprint density at radius 2 is 1.12 bits per heavy atom. The maximum absolute atomic E-state index is 7.30. The lowest BCUT2D eigenvalue weighted by molar-refractivity contribution is -0.0451. The van der Waals surface area contributed by atoms with Crippen molar-refractivity contribution in [3.05, 3.63) is 161 Å². The lowest BCUT2D eigenvalue weighted by atomic mass is 9.41. The monoisotopic (exact) mass is 771 g/mol. The average molecular weight is 772 g/mol. The molecule has 59 heavy (non-hydrogen) atoms. The molecular weight excluding hydrogens is 715 g/mol. The number of fused-ring (bicyclic) bond motifs is 6. The van der Waals surface area contributed by atoms with Gasteiger partial charge in [0.15, 0.2) is 0 Å². The molecule has 0 amide bonds. The van der Waals surface area contributed by atoms with Gasteiger partial charge in [-0.25, -0.2) is 0 Å². The van der Waals surface area contributed by atoms with Crippen LogP contribution >= 0.6 is 0 Å². The Labute approximate surface area is 351 Å². The third-order valence-electron chi connectivity index (χ3n) is 16.7. The molecular formula is C57H57NO. The van der Waals surface area contributed by atoms with E-state index in [9.17, 15) is 0 Å². The second kappa shape index (κ2) is 12.2. The highest BCUT2D eigenvalue weighted by atomic mass is 16.5. The molecule has 0 unspecified atom stereocenters. The summed E-state index contributed by atoms with van der Waals surface area (Å²) in [7, 11) is 0. The van der Waals surface area contributed by atoms with Gasteiger partial charge < -0.3 is 9.64 Å². The summed E-state index contributed by atoms with van der Waals surface area (Å²) in [5, 5.41) is 0. The van der Waals surface area contributed by atoms with Crippen molar-refractivity contribution in [2.24, 2.45) is 23.7 Å². The second-order valence-corrected chi connectivity index (χ2v) is 21.2. The predicted octanol–water partition coefficient (Wildman–Crippen LogP) is 15.3. The summed E-state index contributed by atoms with van der Waals surface area (Å²) in [6.07, 6.45) is 9.07. The Balaban J connectivity index is 1.17. The van der Waals surface area contributed by atoms with Gasteiger partial charge >= 0.3 is 0 Å². The van der Waals surface area contributed by atoms with Gasteiger partial charge in [-0.2, -0.15) is 0 Å². The summed E-state index contributed by atoms with van der Waals surface area (Å²) >= 11 is 0. The van der Waals surface area contributed by atoms with E-state index in [4.69, 9.17) is 4.74 Å². The van der Waals surface area contributed by atoms with Gasteiger partial charge in [-0.3, -0.25) is 0 Å². The van der Waals surface area contributed by atoms with Crippen LogP contribution in [0.25, 0.3) is 22.3 Å². The molecule has 0 aromatic heterocycles. The van der Waals surface area contributed by atoms with Crippen LogP contribution in [0.4, 0.5) is 17.1 Å². The molecule has 1 spiro atoms. The van der Waals surface area contributed by atoms with E-state index >= 15 is 0 Å². The molecule has 0 atom stereocenters. The quantitative estimate of drug-likeness (QED) is 0.177. The predicted molar refractivity (Wildman–Crippen MR) is 244 cm³/mol. The van der Waals surface area contributed by atoms with Crippen LogP contribution in [0.2, 0.25) is 0 Å². The molecule has 0 saturated heterocycles. The fourth-order valence-electron chi connectivity index (χ4n) is 14.1. The zero-order valence-electron chi connectivity index (χ0n) is 35.7. The average Bonchev–Trinajstić information content (AvgIpc) is 3.46.